The lowest BCUT2D eigenvalue weighted by Crippen LogP contribution is -2.38. The molecular weight excluding hydrogens is 540 g/mol. The number of hydrogen-bond acceptors (Lipinski definition) is 10. The van der Waals surface area contributed by atoms with Crippen LogP contribution < -0.4 is 20.9 Å². The summed E-state index contributed by atoms with van der Waals surface area (Å²) in [5.41, 5.74) is 4.00. The number of nitriles is 1. The molecule has 3 amide bonds. The van der Waals surface area contributed by atoms with Gasteiger partial charge in [-0.05, 0) is 73.0 Å². The molecule has 2 fully saturated rings. The number of anilines is 2. The molecule has 5 rings (SSSR count). The molecule has 2 aliphatic rings. The molecule has 41 heavy (non-hydrogen) atoms. The molecule has 0 bridgehead atoms. The topological polar surface area (TPSA) is 153 Å². The molecule has 0 unspecified atom stereocenters. The summed E-state index contributed by atoms with van der Waals surface area (Å²) < 4.78 is 0. The van der Waals surface area contributed by atoms with Crippen LogP contribution in [0, 0.1) is 17.2 Å². The third kappa shape index (κ3) is 7.13. The molecule has 0 saturated carbocycles. The Hall–Kier alpha value is -4.60. The Morgan fingerprint density at radius 1 is 1.22 bits per heavy atom. The van der Waals surface area contributed by atoms with Gasteiger partial charge >= 0.3 is 0 Å². The standard InChI is InChI=1S/C29H28N8O3S/c1-18(38)34-23-4-2-3-21(12-23)26-22(14-30)11-20(17-33-26)16-31-15-19-6-9-37(10-7-19)28-32-8-5-24(35-28)13-25-27(39)36-29(40)41-25/h2-5,8,11-13,17,19,31H,6-7,9-10,15-16H2,1H3,(H,34,38)(H,36,39,40)/b25-13-. The normalized spacial score (nSPS) is 16.5. The van der Waals surface area contributed by atoms with Crippen molar-refractivity contribution >= 4 is 46.5 Å². The number of aromatic nitrogens is 3. The van der Waals surface area contributed by atoms with Crippen LogP contribution in [0.1, 0.15) is 36.6 Å². The number of hydrogen-bond donors (Lipinski definition) is 3. The van der Waals surface area contributed by atoms with Gasteiger partial charge in [0.15, 0.2) is 0 Å². The fourth-order valence-corrected chi connectivity index (χ4v) is 5.44. The molecule has 2 aliphatic heterocycles. The van der Waals surface area contributed by atoms with Gasteiger partial charge in [0.2, 0.25) is 11.9 Å². The van der Waals surface area contributed by atoms with Gasteiger partial charge in [-0.15, -0.1) is 0 Å². The molecule has 0 spiro atoms. The maximum Gasteiger partial charge on any atom is 0.290 e. The molecule has 4 heterocycles. The molecular formula is C29H28N8O3S. The number of thioether (sulfide) groups is 1. The number of benzene rings is 1. The summed E-state index contributed by atoms with van der Waals surface area (Å²) in [6.45, 7) is 4.51. The molecule has 0 radical (unpaired) electrons. The lowest BCUT2D eigenvalue weighted by molar-refractivity contribution is -0.115. The predicted molar refractivity (Wildman–Crippen MR) is 156 cm³/mol. The molecule has 2 aromatic heterocycles. The number of amides is 3. The van der Waals surface area contributed by atoms with E-state index in [0.717, 1.165) is 55.4 Å². The lowest BCUT2D eigenvalue weighted by atomic mass is 9.97. The summed E-state index contributed by atoms with van der Waals surface area (Å²) in [5, 5.41) is 17.9. The highest BCUT2D eigenvalue weighted by Gasteiger charge is 2.26. The van der Waals surface area contributed by atoms with Gasteiger partial charge in [0.25, 0.3) is 11.1 Å². The zero-order chi connectivity index (χ0) is 28.8. The summed E-state index contributed by atoms with van der Waals surface area (Å²) in [7, 11) is 0. The van der Waals surface area contributed by atoms with Crippen LogP contribution in [0.3, 0.4) is 0 Å². The van der Waals surface area contributed by atoms with Gasteiger partial charge in [-0.2, -0.15) is 5.26 Å². The van der Waals surface area contributed by atoms with Crippen molar-refractivity contribution < 1.29 is 14.4 Å². The minimum atomic E-state index is -0.405. The zero-order valence-electron chi connectivity index (χ0n) is 22.4. The number of carbonyl (C=O) groups excluding carboxylic acids is 3. The number of nitrogens with one attached hydrogen (secondary N) is 3. The number of nitrogens with zero attached hydrogens (tertiary/aromatic N) is 5. The molecule has 0 atom stereocenters. The Morgan fingerprint density at radius 2 is 2.05 bits per heavy atom. The van der Waals surface area contributed by atoms with Crippen molar-refractivity contribution in [3.8, 4) is 17.3 Å². The van der Waals surface area contributed by atoms with Gasteiger partial charge in [-0.3, -0.25) is 24.7 Å². The fourth-order valence-electron chi connectivity index (χ4n) is 4.78. The molecule has 2 saturated heterocycles. The van der Waals surface area contributed by atoms with Crippen LogP contribution in [0.2, 0.25) is 0 Å². The van der Waals surface area contributed by atoms with E-state index in [0.29, 0.717) is 46.0 Å². The second-order valence-corrected chi connectivity index (χ2v) is 10.8. The van der Waals surface area contributed by atoms with Crippen LogP contribution in [-0.4, -0.2) is 51.6 Å². The van der Waals surface area contributed by atoms with E-state index in [1.54, 1.807) is 30.6 Å². The van der Waals surface area contributed by atoms with Crippen LogP contribution in [-0.2, 0) is 16.1 Å². The third-order valence-corrected chi connectivity index (χ3v) is 7.58. The first-order valence-electron chi connectivity index (χ1n) is 13.2. The van der Waals surface area contributed by atoms with Crippen molar-refractivity contribution in [1.82, 2.24) is 25.6 Å². The second kappa shape index (κ2) is 12.7. The molecule has 0 aliphatic carbocycles. The van der Waals surface area contributed by atoms with Crippen molar-refractivity contribution in [3.63, 3.8) is 0 Å². The van der Waals surface area contributed by atoms with E-state index in [-0.39, 0.29) is 11.1 Å². The van der Waals surface area contributed by atoms with E-state index < -0.39 is 5.91 Å². The third-order valence-electron chi connectivity index (χ3n) is 6.77. The summed E-state index contributed by atoms with van der Waals surface area (Å²) in [4.78, 5) is 50.6. The molecule has 1 aromatic carbocycles. The quantitative estimate of drug-likeness (QED) is 0.343. The molecule has 11 nitrogen and oxygen atoms in total. The van der Waals surface area contributed by atoms with E-state index >= 15 is 0 Å². The minimum absolute atomic E-state index is 0.159. The van der Waals surface area contributed by atoms with Gasteiger partial charge in [0, 0.05) is 50.2 Å². The highest BCUT2D eigenvalue weighted by atomic mass is 32.2. The van der Waals surface area contributed by atoms with Gasteiger partial charge in [-0.25, -0.2) is 9.97 Å². The number of piperidine rings is 1. The van der Waals surface area contributed by atoms with E-state index in [9.17, 15) is 19.6 Å². The molecule has 12 heteroatoms. The summed E-state index contributed by atoms with van der Waals surface area (Å²) >= 11 is 0.868. The van der Waals surface area contributed by atoms with Crippen LogP contribution in [0.15, 0.2) is 53.7 Å². The van der Waals surface area contributed by atoms with Gasteiger partial charge < -0.3 is 15.5 Å². The monoisotopic (exact) mass is 568 g/mol. The first kappa shape index (κ1) is 27.9. The summed E-state index contributed by atoms with van der Waals surface area (Å²) in [6, 6.07) is 13.1. The minimum Gasteiger partial charge on any atom is -0.341 e. The Morgan fingerprint density at radius 3 is 2.78 bits per heavy atom. The van der Waals surface area contributed by atoms with Crippen molar-refractivity contribution in [3.05, 3.63) is 70.5 Å². The Labute approximate surface area is 241 Å². The van der Waals surface area contributed by atoms with Crippen LogP contribution >= 0.6 is 11.8 Å². The van der Waals surface area contributed by atoms with Gasteiger partial charge in [-0.1, -0.05) is 12.1 Å². The number of rotatable bonds is 8. The first-order chi connectivity index (χ1) is 19.9. The maximum absolute atomic E-state index is 11.8. The van der Waals surface area contributed by atoms with Gasteiger partial charge in [0.1, 0.15) is 6.07 Å². The molecule has 208 valence electrons. The number of pyridine rings is 1. The SMILES string of the molecule is CC(=O)Nc1cccc(-c2ncc(CNCC3CCN(c4nccc(/C=C5\SC(=O)NC5=O)n4)CC3)cc2C#N)c1. The molecule has 3 N–H and O–H groups in total. The smallest absolute Gasteiger partial charge is 0.290 e. The second-order valence-electron chi connectivity index (χ2n) is 9.81. The Balaban J connectivity index is 1.13. The van der Waals surface area contributed by atoms with Gasteiger partial charge in [0.05, 0.1) is 21.9 Å². The van der Waals surface area contributed by atoms with Crippen molar-refractivity contribution in [1.29, 1.82) is 5.26 Å². The largest absolute Gasteiger partial charge is 0.341 e. The lowest BCUT2D eigenvalue weighted by Gasteiger charge is -2.32. The highest BCUT2D eigenvalue weighted by Crippen LogP contribution is 2.27. The average Bonchev–Trinajstić information content (AvgIpc) is 3.29. The van der Waals surface area contributed by atoms with E-state index in [1.165, 1.54) is 6.92 Å². The predicted octanol–water partition coefficient (Wildman–Crippen LogP) is 3.70. The summed E-state index contributed by atoms with van der Waals surface area (Å²) in [5.74, 6) is 0.532. The van der Waals surface area contributed by atoms with Crippen LogP contribution in [0.25, 0.3) is 17.3 Å². The first-order valence-corrected chi connectivity index (χ1v) is 14.0. The van der Waals surface area contributed by atoms with E-state index in [4.69, 9.17) is 0 Å². The maximum atomic E-state index is 11.8. The Bertz CT molecular complexity index is 1560. The zero-order valence-corrected chi connectivity index (χ0v) is 23.2. The van der Waals surface area contributed by atoms with Crippen LogP contribution in [0.5, 0.6) is 0 Å². The average molecular weight is 569 g/mol. The van der Waals surface area contributed by atoms with E-state index in [1.807, 2.05) is 24.3 Å². The number of carbonyl (C=O) groups is 3. The summed E-state index contributed by atoms with van der Waals surface area (Å²) in [6.07, 6.45) is 6.99. The van der Waals surface area contributed by atoms with Crippen molar-refractivity contribution in [2.45, 2.75) is 26.3 Å². The highest BCUT2D eigenvalue weighted by molar-refractivity contribution is 8.18. The Kier molecular flexibility index (Phi) is 8.67. The molecule has 3 aromatic rings. The van der Waals surface area contributed by atoms with Crippen molar-refractivity contribution in [2.24, 2.45) is 5.92 Å². The fraction of sp³-hybridized carbons (Fsp3) is 0.276. The van der Waals surface area contributed by atoms with Crippen LogP contribution in [0.4, 0.5) is 16.4 Å². The number of imide groups is 1. The van der Waals surface area contributed by atoms with Crippen molar-refractivity contribution in [2.75, 3.05) is 29.9 Å². The van der Waals surface area contributed by atoms with E-state index in [2.05, 4.69) is 41.9 Å².